The van der Waals surface area contributed by atoms with Crippen LogP contribution in [0.4, 0.5) is 0 Å². The van der Waals surface area contributed by atoms with Gasteiger partial charge in [0.05, 0.1) is 11.6 Å². The van der Waals surface area contributed by atoms with E-state index >= 15 is 0 Å². The summed E-state index contributed by atoms with van der Waals surface area (Å²) < 4.78 is 0. The topological polar surface area (TPSA) is 52.6 Å². The van der Waals surface area contributed by atoms with Crippen LogP contribution in [0.15, 0.2) is 12.1 Å². The lowest BCUT2D eigenvalue weighted by Gasteiger charge is -2.17. The summed E-state index contributed by atoms with van der Waals surface area (Å²) in [4.78, 5) is 12.9. The number of carbonyl (C=O) groups excluding carboxylic acids is 1. The normalized spacial score (nSPS) is 10.6. The van der Waals surface area contributed by atoms with Crippen LogP contribution in [0.3, 0.4) is 0 Å². The first kappa shape index (κ1) is 14.1. The van der Waals surface area contributed by atoms with E-state index in [9.17, 15) is 9.90 Å². The molecule has 0 aliphatic rings. The summed E-state index contributed by atoms with van der Waals surface area (Å²) in [6.07, 6.45) is 0. The molecule has 1 aromatic rings. The second kappa shape index (κ2) is 6.10. The van der Waals surface area contributed by atoms with Crippen molar-refractivity contribution in [3.63, 3.8) is 0 Å². The standard InChI is InChI=1S/C11H14Cl2N2O2/c1-14-10(16)6-15(2)5-7-3-8(12)4-9(13)11(7)17/h3-4,17H,5-6H2,1-2H3,(H,14,16). The Labute approximate surface area is 110 Å². The summed E-state index contributed by atoms with van der Waals surface area (Å²) in [5, 5.41) is 12.9. The van der Waals surface area contributed by atoms with Crippen LogP contribution in [0.5, 0.6) is 5.75 Å². The second-order valence-corrected chi connectivity index (χ2v) is 4.58. The molecule has 0 bridgehead atoms. The lowest BCUT2D eigenvalue weighted by molar-refractivity contribution is -0.121. The summed E-state index contributed by atoms with van der Waals surface area (Å²) in [5.41, 5.74) is 0.592. The van der Waals surface area contributed by atoms with Crippen LogP contribution in [-0.4, -0.2) is 36.6 Å². The monoisotopic (exact) mass is 276 g/mol. The molecule has 0 aromatic heterocycles. The molecule has 0 unspecified atom stereocenters. The fourth-order valence-electron chi connectivity index (χ4n) is 1.41. The number of amides is 1. The number of rotatable bonds is 4. The Morgan fingerprint density at radius 2 is 2.12 bits per heavy atom. The van der Waals surface area contributed by atoms with E-state index < -0.39 is 0 Å². The molecule has 0 aliphatic carbocycles. The fourth-order valence-corrected chi connectivity index (χ4v) is 1.95. The molecule has 1 rings (SSSR count). The molecular weight excluding hydrogens is 263 g/mol. The molecule has 0 radical (unpaired) electrons. The molecule has 0 saturated carbocycles. The van der Waals surface area contributed by atoms with Crippen molar-refractivity contribution in [2.45, 2.75) is 6.54 Å². The average molecular weight is 277 g/mol. The van der Waals surface area contributed by atoms with Gasteiger partial charge in [-0.05, 0) is 19.2 Å². The van der Waals surface area contributed by atoms with Gasteiger partial charge in [0.25, 0.3) is 0 Å². The largest absolute Gasteiger partial charge is 0.506 e. The van der Waals surface area contributed by atoms with Crippen LogP contribution in [0.2, 0.25) is 10.0 Å². The first-order valence-corrected chi connectivity index (χ1v) is 5.75. The number of aromatic hydroxyl groups is 1. The summed E-state index contributed by atoms with van der Waals surface area (Å²) in [6, 6.07) is 3.10. The third-order valence-electron chi connectivity index (χ3n) is 2.24. The maximum absolute atomic E-state index is 11.2. The van der Waals surface area contributed by atoms with Gasteiger partial charge in [-0.25, -0.2) is 0 Å². The molecule has 1 aromatic carbocycles. The molecule has 94 valence electrons. The van der Waals surface area contributed by atoms with Crippen molar-refractivity contribution in [3.05, 3.63) is 27.7 Å². The quantitative estimate of drug-likeness (QED) is 0.883. The molecule has 0 heterocycles. The average Bonchev–Trinajstić information content (AvgIpc) is 2.24. The number of hydrogen-bond donors (Lipinski definition) is 2. The molecule has 0 spiro atoms. The number of phenolic OH excluding ortho intramolecular Hbond substituents is 1. The van der Waals surface area contributed by atoms with Gasteiger partial charge in [-0.1, -0.05) is 23.2 Å². The first-order chi connectivity index (χ1) is 7.93. The van der Waals surface area contributed by atoms with E-state index in [1.54, 1.807) is 25.1 Å². The van der Waals surface area contributed by atoms with Crippen LogP contribution in [0.1, 0.15) is 5.56 Å². The van der Waals surface area contributed by atoms with E-state index in [-0.39, 0.29) is 23.2 Å². The predicted octanol–water partition coefficient (Wildman–Crippen LogP) is 1.88. The Balaban J connectivity index is 2.77. The predicted molar refractivity (Wildman–Crippen MR) is 68.5 cm³/mol. The molecular formula is C11H14Cl2N2O2. The SMILES string of the molecule is CNC(=O)CN(C)Cc1cc(Cl)cc(Cl)c1O. The van der Waals surface area contributed by atoms with Crippen molar-refractivity contribution >= 4 is 29.1 Å². The summed E-state index contributed by atoms with van der Waals surface area (Å²) in [6.45, 7) is 0.625. The minimum absolute atomic E-state index is 0.000164. The Kier molecular flexibility index (Phi) is 5.05. The lowest BCUT2D eigenvalue weighted by atomic mass is 10.2. The number of phenols is 1. The van der Waals surface area contributed by atoms with Gasteiger partial charge in [0.1, 0.15) is 5.75 Å². The van der Waals surface area contributed by atoms with Crippen molar-refractivity contribution in [1.29, 1.82) is 0 Å². The number of halogens is 2. The summed E-state index contributed by atoms with van der Waals surface area (Å²) >= 11 is 11.6. The van der Waals surface area contributed by atoms with Crippen molar-refractivity contribution in [2.75, 3.05) is 20.6 Å². The smallest absolute Gasteiger partial charge is 0.233 e. The highest BCUT2D eigenvalue weighted by atomic mass is 35.5. The molecule has 6 heteroatoms. The highest BCUT2D eigenvalue weighted by molar-refractivity contribution is 6.35. The van der Waals surface area contributed by atoms with Gasteiger partial charge in [-0.3, -0.25) is 9.69 Å². The molecule has 1 amide bonds. The maximum atomic E-state index is 11.2. The van der Waals surface area contributed by atoms with Gasteiger partial charge < -0.3 is 10.4 Å². The van der Waals surface area contributed by atoms with E-state index in [0.29, 0.717) is 17.1 Å². The van der Waals surface area contributed by atoms with Crippen molar-refractivity contribution in [2.24, 2.45) is 0 Å². The zero-order valence-corrected chi connectivity index (χ0v) is 11.1. The van der Waals surface area contributed by atoms with Crippen LogP contribution in [-0.2, 0) is 11.3 Å². The number of carbonyl (C=O) groups is 1. The zero-order valence-electron chi connectivity index (χ0n) is 9.63. The summed E-state index contributed by atoms with van der Waals surface area (Å²) in [7, 11) is 3.34. The third-order valence-corrected chi connectivity index (χ3v) is 2.75. The van der Waals surface area contributed by atoms with Gasteiger partial charge in [-0.2, -0.15) is 0 Å². The zero-order chi connectivity index (χ0) is 13.0. The van der Waals surface area contributed by atoms with Crippen molar-refractivity contribution < 1.29 is 9.90 Å². The van der Waals surface area contributed by atoms with Gasteiger partial charge in [0.15, 0.2) is 0 Å². The summed E-state index contributed by atoms with van der Waals surface area (Å²) in [5.74, 6) is -0.0973. The van der Waals surface area contributed by atoms with E-state index in [0.717, 1.165) is 0 Å². The van der Waals surface area contributed by atoms with Crippen molar-refractivity contribution in [1.82, 2.24) is 10.2 Å². The second-order valence-electron chi connectivity index (χ2n) is 3.74. The first-order valence-electron chi connectivity index (χ1n) is 5.00. The molecule has 2 N–H and O–H groups in total. The number of likely N-dealkylation sites (N-methyl/N-ethyl adjacent to an activating group) is 2. The van der Waals surface area contributed by atoms with Crippen LogP contribution < -0.4 is 5.32 Å². The highest BCUT2D eigenvalue weighted by Crippen LogP contribution is 2.31. The van der Waals surface area contributed by atoms with Crippen molar-refractivity contribution in [3.8, 4) is 5.75 Å². The van der Waals surface area contributed by atoms with Gasteiger partial charge in [0, 0.05) is 24.2 Å². The Bertz CT molecular complexity index is 424. The number of hydrogen-bond acceptors (Lipinski definition) is 3. The Hall–Kier alpha value is -0.970. The van der Waals surface area contributed by atoms with Gasteiger partial charge >= 0.3 is 0 Å². The Morgan fingerprint density at radius 1 is 1.47 bits per heavy atom. The van der Waals surface area contributed by atoms with E-state index in [4.69, 9.17) is 23.2 Å². The Morgan fingerprint density at radius 3 is 2.71 bits per heavy atom. The molecule has 0 aliphatic heterocycles. The van der Waals surface area contributed by atoms with E-state index in [2.05, 4.69) is 5.32 Å². The molecule has 4 nitrogen and oxygen atoms in total. The van der Waals surface area contributed by atoms with E-state index in [1.165, 1.54) is 6.07 Å². The molecule has 0 fully saturated rings. The molecule has 0 atom stereocenters. The van der Waals surface area contributed by atoms with Crippen LogP contribution in [0, 0.1) is 0 Å². The molecule has 0 saturated heterocycles. The highest BCUT2D eigenvalue weighted by Gasteiger charge is 2.11. The van der Waals surface area contributed by atoms with Crippen LogP contribution >= 0.6 is 23.2 Å². The van der Waals surface area contributed by atoms with E-state index in [1.807, 2.05) is 0 Å². The van der Waals surface area contributed by atoms with Gasteiger partial charge in [0.2, 0.25) is 5.91 Å². The fraction of sp³-hybridized carbons (Fsp3) is 0.364. The molecule has 17 heavy (non-hydrogen) atoms. The van der Waals surface area contributed by atoms with Crippen LogP contribution in [0.25, 0.3) is 0 Å². The number of benzene rings is 1. The number of nitrogens with zero attached hydrogens (tertiary/aromatic N) is 1. The minimum Gasteiger partial charge on any atom is -0.506 e. The lowest BCUT2D eigenvalue weighted by Crippen LogP contribution is -2.32. The maximum Gasteiger partial charge on any atom is 0.233 e. The minimum atomic E-state index is -0.0971. The van der Waals surface area contributed by atoms with Gasteiger partial charge in [-0.15, -0.1) is 0 Å². The third kappa shape index (κ3) is 4.07. The number of nitrogens with one attached hydrogen (secondary N) is 1.